The molecule has 0 radical (unpaired) electrons. The summed E-state index contributed by atoms with van der Waals surface area (Å²) in [5.74, 6) is 0.651. The van der Waals surface area contributed by atoms with E-state index in [-0.39, 0.29) is 6.10 Å². The van der Waals surface area contributed by atoms with Gasteiger partial charge in [0.05, 0.1) is 25.4 Å². The molecule has 1 aromatic rings. The first-order valence-corrected chi connectivity index (χ1v) is 8.31. The Labute approximate surface area is 132 Å². The highest BCUT2D eigenvalue weighted by molar-refractivity contribution is 7.99. The van der Waals surface area contributed by atoms with E-state index in [0.29, 0.717) is 12.4 Å². The molecule has 0 fully saturated rings. The molecule has 120 valence electrons. The van der Waals surface area contributed by atoms with Gasteiger partial charge in [-0.3, -0.25) is 0 Å². The molecule has 2 N–H and O–H groups in total. The van der Waals surface area contributed by atoms with Crippen LogP contribution in [0.1, 0.15) is 19.4 Å². The van der Waals surface area contributed by atoms with Gasteiger partial charge in [0.15, 0.2) is 0 Å². The van der Waals surface area contributed by atoms with Gasteiger partial charge < -0.3 is 19.9 Å². The highest BCUT2D eigenvalue weighted by Crippen LogP contribution is 2.19. The number of aliphatic hydroxyl groups excluding tert-OH is 1. The van der Waals surface area contributed by atoms with Gasteiger partial charge in [0, 0.05) is 30.8 Å². The second kappa shape index (κ2) is 11.0. The lowest BCUT2D eigenvalue weighted by Gasteiger charge is -2.13. The molecule has 0 aliphatic carbocycles. The Balaban J connectivity index is 2.24. The van der Waals surface area contributed by atoms with Crippen LogP contribution in [0.3, 0.4) is 0 Å². The Morgan fingerprint density at radius 2 is 1.95 bits per heavy atom. The summed E-state index contributed by atoms with van der Waals surface area (Å²) in [6.45, 7) is 6.77. The molecule has 0 bridgehead atoms. The maximum Gasteiger partial charge on any atom is 0.0867 e. The predicted molar refractivity (Wildman–Crippen MR) is 87.8 cm³/mol. The summed E-state index contributed by atoms with van der Waals surface area (Å²) >= 11 is 1.65. The van der Waals surface area contributed by atoms with Crippen molar-refractivity contribution < 1.29 is 14.6 Å². The van der Waals surface area contributed by atoms with E-state index >= 15 is 0 Å². The van der Waals surface area contributed by atoms with Gasteiger partial charge in [0.2, 0.25) is 0 Å². The van der Waals surface area contributed by atoms with Crippen LogP contribution in [0, 0.1) is 0 Å². The molecular formula is C16H27NO3S. The summed E-state index contributed by atoms with van der Waals surface area (Å²) in [4.78, 5) is 1.17. The zero-order chi connectivity index (χ0) is 15.5. The van der Waals surface area contributed by atoms with Gasteiger partial charge in [0.25, 0.3) is 0 Å². The van der Waals surface area contributed by atoms with Crippen molar-refractivity contribution in [3.8, 4) is 0 Å². The lowest BCUT2D eigenvalue weighted by atomic mass is 10.2. The van der Waals surface area contributed by atoms with E-state index in [1.807, 2.05) is 13.8 Å². The van der Waals surface area contributed by atoms with Crippen molar-refractivity contribution in [1.29, 1.82) is 0 Å². The van der Waals surface area contributed by atoms with Crippen LogP contribution in [-0.2, 0) is 16.0 Å². The zero-order valence-electron chi connectivity index (χ0n) is 13.2. The highest BCUT2D eigenvalue weighted by atomic mass is 32.2. The average Bonchev–Trinajstić information content (AvgIpc) is 2.48. The number of ether oxygens (including phenoxy) is 2. The molecule has 0 heterocycles. The molecule has 1 rings (SSSR count). The minimum Gasteiger partial charge on any atom is -0.390 e. The first-order valence-electron chi connectivity index (χ1n) is 7.33. The fourth-order valence-electron chi connectivity index (χ4n) is 1.65. The molecule has 0 saturated carbocycles. The van der Waals surface area contributed by atoms with Gasteiger partial charge in [0.1, 0.15) is 0 Å². The van der Waals surface area contributed by atoms with Gasteiger partial charge in [-0.2, -0.15) is 0 Å². The van der Waals surface area contributed by atoms with Crippen molar-refractivity contribution >= 4 is 11.8 Å². The largest absolute Gasteiger partial charge is 0.390 e. The van der Waals surface area contributed by atoms with Gasteiger partial charge >= 0.3 is 0 Å². The predicted octanol–water partition coefficient (Wildman–Crippen LogP) is 2.30. The van der Waals surface area contributed by atoms with Crippen LogP contribution in [0.15, 0.2) is 29.2 Å². The Morgan fingerprint density at radius 3 is 2.57 bits per heavy atom. The highest BCUT2D eigenvalue weighted by Gasteiger charge is 2.06. The summed E-state index contributed by atoms with van der Waals surface area (Å²) in [5, 5.41) is 13.1. The number of nitrogens with one attached hydrogen (secondary N) is 1. The molecule has 0 amide bonds. The molecule has 0 spiro atoms. The van der Waals surface area contributed by atoms with E-state index in [9.17, 15) is 5.11 Å². The molecule has 5 heteroatoms. The van der Waals surface area contributed by atoms with Gasteiger partial charge in [-0.25, -0.2) is 0 Å². The van der Waals surface area contributed by atoms with E-state index in [2.05, 4.69) is 29.6 Å². The summed E-state index contributed by atoms with van der Waals surface area (Å²) < 4.78 is 10.4. The first kappa shape index (κ1) is 18.5. The summed E-state index contributed by atoms with van der Waals surface area (Å²) in [5.41, 5.74) is 1.25. The monoisotopic (exact) mass is 313 g/mol. The Morgan fingerprint density at radius 1 is 1.24 bits per heavy atom. The fraction of sp³-hybridized carbons (Fsp3) is 0.625. The number of benzene rings is 1. The molecule has 0 aliphatic rings. The number of thioether (sulfide) groups is 1. The van der Waals surface area contributed by atoms with Crippen molar-refractivity contribution in [2.45, 2.75) is 37.5 Å². The standard InChI is InChI=1S/C16H27NO3S/c1-13(2)20-11-15(18)12-21-16-6-4-14(5-7-16)10-17-8-9-19-3/h4-7,13,15,17-18H,8-12H2,1-3H3. The Bertz CT molecular complexity index is 370. The molecule has 1 aromatic carbocycles. The minimum atomic E-state index is -0.423. The van der Waals surface area contributed by atoms with Gasteiger partial charge in [-0.1, -0.05) is 12.1 Å². The third-order valence-corrected chi connectivity index (χ3v) is 3.96. The van der Waals surface area contributed by atoms with Gasteiger partial charge in [-0.05, 0) is 31.5 Å². The molecule has 1 atom stereocenters. The summed E-state index contributed by atoms with van der Waals surface area (Å²) in [6.07, 6.45) is -0.262. The number of rotatable bonds is 11. The quantitative estimate of drug-likeness (QED) is 0.485. The minimum absolute atomic E-state index is 0.162. The van der Waals surface area contributed by atoms with Crippen LogP contribution in [0.5, 0.6) is 0 Å². The molecule has 21 heavy (non-hydrogen) atoms. The van der Waals surface area contributed by atoms with Crippen LogP contribution >= 0.6 is 11.8 Å². The first-order chi connectivity index (χ1) is 10.1. The molecule has 0 aromatic heterocycles. The van der Waals surface area contributed by atoms with E-state index in [1.54, 1.807) is 18.9 Å². The second-order valence-electron chi connectivity index (χ2n) is 5.16. The Hall–Kier alpha value is -0.590. The van der Waals surface area contributed by atoms with Crippen molar-refractivity contribution in [1.82, 2.24) is 5.32 Å². The number of hydrogen-bond donors (Lipinski definition) is 2. The SMILES string of the molecule is COCCNCc1ccc(SCC(O)COC(C)C)cc1. The van der Waals surface area contributed by atoms with Crippen LogP contribution in [0.2, 0.25) is 0 Å². The third kappa shape index (κ3) is 9.11. The zero-order valence-corrected chi connectivity index (χ0v) is 14.0. The molecule has 4 nitrogen and oxygen atoms in total. The number of hydrogen-bond acceptors (Lipinski definition) is 5. The van der Waals surface area contributed by atoms with Crippen LogP contribution in [-0.4, -0.2) is 49.9 Å². The normalized spacial score (nSPS) is 12.8. The van der Waals surface area contributed by atoms with Crippen molar-refractivity contribution in [3.05, 3.63) is 29.8 Å². The third-order valence-electron chi connectivity index (χ3n) is 2.80. The fourth-order valence-corrected chi connectivity index (χ4v) is 2.46. The molecule has 0 saturated heterocycles. The topological polar surface area (TPSA) is 50.7 Å². The maximum atomic E-state index is 9.81. The van der Waals surface area contributed by atoms with Gasteiger partial charge in [-0.15, -0.1) is 11.8 Å². The van der Waals surface area contributed by atoms with Crippen LogP contribution in [0.25, 0.3) is 0 Å². The van der Waals surface area contributed by atoms with E-state index in [1.165, 1.54) is 10.5 Å². The smallest absolute Gasteiger partial charge is 0.0867 e. The van der Waals surface area contributed by atoms with E-state index in [4.69, 9.17) is 9.47 Å². The second-order valence-corrected chi connectivity index (χ2v) is 6.25. The molecule has 1 unspecified atom stereocenters. The molecule has 0 aliphatic heterocycles. The Kier molecular flexibility index (Phi) is 9.70. The molecular weight excluding hydrogens is 286 g/mol. The van der Waals surface area contributed by atoms with Crippen molar-refractivity contribution in [3.63, 3.8) is 0 Å². The van der Waals surface area contributed by atoms with Crippen molar-refractivity contribution in [2.75, 3.05) is 32.6 Å². The van der Waals surface area contributed by atoms with E-state index in [0.717, 1.165) is 19.7 Å². The van der Waals surface area contributed by atoms with E-state index < -0.39 is 6.10 Å². The van der Waals surface area contributed by atoms with Crippen LogP contribution in [0.4, 0.5) is 0 Å². The number of methoxy groups -OCH3 is 1. The van der Waals surface area contributed by atoms with Crippen molar-refractivity contribution in [2.24, 2.45) is 0 Å². The van der Waals surface area contributed by atoms with Crippen LogP contribution < -0.4 is 5.32 Å². The lowest BCUT2D eigenvalue weighted by molar-refractivity contribution is 0.0152. The lowest BCUT2D eigenvalue weighted by Crippen LogP contribution is -2.20. The summed E-state index contributed by atoms with van der Waals surface area (Å²) in [7, 11) is 1.70. The maximum absolute atomic E-state index is 9.81. The average molecular weight is 313 g/mol. The summed E-state index contributed by atoms with van der Waals surface area (Å²) in [6, 6.07) is 8.40. The number of aliphatic hydroxyl groups is 1.